The van der Waals surface area contributed by atoms with Gasteiger partial charge in [0, 0.05) is 0 Å². The maximum Gasteiger partial charge on any atom is 0.108 e. The van der Waals surface area contributed by atoms with Crippen molar-refractivity contribution in [1.82, 2.24) is 0 Å². The van der Waals surface area contributed by atoms with E-state index in [2.05, 4.69) is 4.84 Å². The van der Waals surface area contributed by atoms with Crippen LogP contribution in [0.2, 0.25) is 0 Å². The Bertz CT molecular complexity index is 109. The Kier molecular flexibility index (Phi) is 2.62. The molecule has 3 atom stereocenters. The summed E-state index contributed by atoms with van der Waals surface area (Å²) >= 11 is 0. The summed E-state index contributed by atoms with van der Waals surface area (Å²) in [7, 11) is 0. The largest absolute Gasteiger partial charge is 0.390 e. The van der Waals surface area contributed by atoms with E-state index in [9.17, 15) is 5.11 Å². The molecule has 4 nitrogen and oxygen atoms in total. The first-order chi connectivity index (χ1) is 4.75. The SMILES string of the molecule is NO[C@H]1CCC[C@H](O)[C@@H]1O. The molecule has 0 bridgehead atoms. The topological polar surface area (TPSA) is 75.7 Å². The van der Waals surface area contributed by atoms with Crippen molar-refractivity contribution in [2.75, 3.05) is 0 Å². The summed E-state index contributed by atoms with van der Waals surface area (Å²) < 4.78 is 0. The van der Waals surface area contributed by atoms with Gasteiger partial charge in [0.25, 0.3) is 0 Å². The zero-order valence-electron chi connectivity index (χ0n) is 5.73. The Balaban J connectivity index is 2.42. The summed E-state index contributed by atoms with van der Waals surface area (Å²) in [5.74, 6) is 4.88. The molecule has 0 amide bonds. The van der Waals surface area contributed by atoms with Crippen LogP contribution < -0.4 is 5.90 Å². The highest BCUT2D eigenvalue weighted by molar-refractivity contribution is 4.81. The molecule has 1 fully saturated rings. The van der Waals surface area contributed by atoms with Gasteiger partial charge in [-0.2, -0.15) is 0 Å². The van der Waals surface area contributed by atoms with Crippen LogP contribution in [-0.4, -0.2) is 28.5 Å². The van der Waals surface area contributed by atoms with Crippen LogP contribution in [-0.2, 0) is 4.84 Å². The fourth-order valence-electron chi connectivity index (χ4n) is 1.27. The molecule has 0 spiro atoms. The molecule has 0 unspecified atom stereocenters. The second-order valence-corrected chi connectivity index (χ2v) is 2.66. The molecule has 0 aromatic rings. The van der Waals surface area contributed by atoms with Gasteiger partial charge < -0.3 is 10.2 Å². The molecule has 4 N–H and O–H groups in total. The van der Waals surface area contributed by atoms with Gasteiger partial charge in [0.15, 0.2) is 0 Å². The standard InChI is InChI=1S/C6H13NO3/c7-10-5-3-1-2-4(8)6(5)9/h4-6,8-9H,1-3,7H2/t4-,5-,6-/m0/s1. The van der Waals surface area contributed by atoms with Crippen molar-refractivity contribution in [3.63, 3.8) is 0 Å². The minimum Gasteiger partial charge on any atom is -0.390 e. The van der Waals surface area contributed by atoms with E-state index in [4.69, 9.17) is 11.0 Å². The minimum atomic E-state index is -0.807. The van der Waals surface area contributed by atoms with Crippen LogP contribution in [0.5, 0.6) is 0 Å². The lowest BCUT2D eigenvalue weighted by atomic mass is 9.92. The van der Waals surface area contributed by atoms with E-state index in [-0.39, 0.29) is 6.10 Å². The first-order valence-corrected chi connectivity index (χ1v) is 3.47. The molecule has 0 aliphatic heterocycles. The summed E-state index contributed by atoms with van der Waals surface area (Å²) in [4.78, 5) is 4.46. The molecule has 0 radical (unpaired) electrons. The zero-order valence-corrected chi connectivity index (χ0v) is 5.73. The number of hydrogen-bond acceptors (Lipinski definition) is 4. The molecule has 0 aromatic heterocycles. The third-order valence-electron chi connectivity index (χ3n) is 1.94. The normalized spacial score (nSPS) is 41.7. The summed E-state index contributed by atoms with van der Waals surface area (Å²) in [5, 5.41) is 18.3. The Morgan fingerprint density at radius 1 is 1.30 bits per heavy atom. The lowest BCUT2D eigenvalue weighted by Crippen LogP contribution is -2.43. The monoisotopic (exact) mass is 147 g/mol. The predicted octanol–water partition coefficient (Wildman–Crippen LogP) is -0.849. The van der Waals surface area contributed by atoms with E-state index < -0.39 is 12.2 Å². The van der Waals surface area contributed by atoms with Crippen molar-refractivity contribution >= 4 is 0 Å². The van der Waals surface area contributed by atoms with Crippen molar-refractivity contribution in [2.24, 2.45) is 5.90 Å². The second-order valence-electron chi connectivity index (χ2n) is 2.66. The van der Waals surface area contributed by atoms with Crippen molar-refractivity contribution in [2.45, 2.75) is 37.6 Å². The number of nitrogens with two attached hydrogens (primary N) is 1. The minimum absolute atomic E-state index is 0.385. The van der Waals surface area contributed by atoms with Crippen LogP contribution in [0.25, 0.3) is 0 Å². The fourth-order valence-corrected chi connectivity index (χ4v) is 1.27. The predicted molar refractivity (Wildman–Crippen MR) is 34.9 cm³/mol. The van der Waals surface area contributed by atoms with Gasteiger partial charge in [0.1, 0.15) is 12.2 Å². The van der Waals surface area contributed by atoms with E-state index in [0.29, 0.717) is 6.42 Å². The van der Waals surface area contributed by atoms with Gasteiger partial charge in [-0.15, -0.1) is 0 Å². The smallest absolute Gasteiger partial charge is 0.108 e. The first-order valence-electron chi connectivity index (χ1n) is 3.47. The van der Waals surface area contributed by atoms with E-state index >= 15 is 0 Å². The van der Waals surface area contributed by atoms with Crippen LogP contribution >= 0.6 is 0 Å². The van der Waals surface area contributed by atoms with Crippen LogP contribution in [0.4, 0.5) is 0 Å². The lowest BCUT2D eigenvalue weighted by molar-refractivity contribution is -0.114. The highest BCUT2D eigenvalue weighted by Crippen LogP contribution is 2.20. The molecule has 0 saturated heterocycles. The van der Waals surface area contributed by atoms with Crippen molar-refractivity contribution < 1.29 is 15.1 Å². The highest BCUT2D eigenvalue weighted by Gasteiger charge is 2.30. The molecule has 1 aliphatic rings. The number of aliphatic hydroxyl groups is 2. The third-order valence-corrected chi connectivity index (χ3v) is 1.94. The van der Waals surface area contributed by atoms with Crippen LogP contribution in [0.15, 0.2) is 0 Å². The Morgan fingerprint density at radius 2 is 2.00 bits per heavy atom. The summed E-state index contributed by atoms with van der Waals surface area (Å²) in [6.45, 7) is 0. The van der Waals surface area contributed by atoms with Gasteiger partial charge in [0.05, 0.1) is 6.10 Å². The number of rotatable bonds is 1. The van der Waals surface area contributed by atoms with E-state index in [0.717, 1.165) is 12.8 Å². The van der Waals surface area contributed by atoms with Gasteiger partial charge in [0.2, 0.25) is 0 Å². The van der Waals surface area contributed by atoms with Gasteiger partial charge in [-0.3, -0.25) is 4.84 Å². The molecule has 1 rings (SSSR count). The highest BCUT2D eigenvalue weighted by atomic mass is 16.6. The Labute approximate surface area is 59.6 Å². The Morgan fingerprint density at radius 3 is 2.50 bits per heavy atom. The van der Waals surface area contributed by atoms with Crippen LogP contribution in [0.1, 0.15) is 19.3 Å². The van der Waals surface area contributed by atoms with Crippen LogP contribution in [0, 0.1) is 0 Å². The molecular formula is C6H13NO3. The zero-order chi connectivity index (χ0) is 7.56. The molecule has 10 heavy (non-hydrogen) atoms. The average Bonchev–Trinajstić information content (AvgIpc) is 1.95. The Hall–Kier alpha value is -0.160. The average molecular weight is 147 g/mol. The van der Waals surface area contributed by atoms with Gasteiger partial charge in [-0.25, -0.2) is 5.90 Å². The molecule has 4 heteroatoms. The second kappa shape index (κ2) is 3.30. The van der Waals surface area contributed by atoms with E-state index in [1.807, 2.05) is 0 Å². The molecule has 0 aromatic carbocycles. The van der Waals surface area contributed by atoms with E-state index in [1.54, 1.807) is 0 Å². The summed E-state index contributed by atoms with van der Waals surface area (Å²) in [6, 6.07) is 0. The molecular weight excluding hydrogens is 134 g/mol. The molecule has 1 saturated carbocycles. The fraction of sp³-hybridized carbons (Fsp3) is 1.00. The summed E-state index contributed by atoms with van der Waals surface area (Å²) in [6.07, 6.45) is 0.375. The van der Waals surface area contributed by atoms with Crippen LogP contribution in [0.3, 0.4) is 0 Å². The van der Waals surface area contributed by atoms with Crippen molar-refractivity contribution in [1.29, 1.82) is 0 Å². The van der Waals surface area contributed by atoms with Gasteiger partial charge >= 0.3 is 0 Å². The summed E-state index contributed by atoms with van der Waals surface area (Å²) in [5.41, 5.74) is 0. The number of aliphatic hydroxyl groups excluding tert-OH is 2. The molecule has 60 valence electrons. The number of hydrogen-bond donors (Lipinski definition) is 3. The van der Waals surface area contributed by atoms with Gasteiger partial charge in [-0.1, -0.05) is 0 Å². The van der Waals surface area contributed by atoms with Crippen molar-refractivity contribution in [3.05, 3.63) is 0 Å². The van der Waals surface area contributed by atoms with Crippen molar-refractivity contribution in [3.8, 4) is 0 Å². The maximum absolute atomic E-state index is 9.18. The first kappa shape index (κ1) is 7.94. The van der Waals surface area contributed by atoms with E-state index in [1.165, 1.54) is 0 Å². The maximum atomic E-state index is 9.18. The molecule has 1 aliphatic carbocycles. The molecule has 0 heterocycles. The van der Waals surface area contributed by atoms with Gasteiger partial charge in [-0.05, 0) is 19.3 Å². The quantitative estimate of drug-likeness (QED) is 0.422. The lowest BCUT2D eigenvalue weighted by Gasteiger charge is -2.29. The third kappa shape index (κ3) is 1.46.